The first-order valence-electron chi connectivity index (χ1n) is 11.9. The van der Waals surface area contributed by atoms with Crippen molar-refractivity contribution in [2.75, 3.05) is 20.3 Å². The monoisotopic (exact) mass is 415 g/mol. The van der Waals surface area contributed by atoms with Crippen molar-refractivity contribution in [3.63, 3.8) is 0 Å². The van der Waals surface area contributed by atoms with Gasteiger partial charge in [-0.05, 0) is 33.2 Å². The molecule has 5 atom stereocenters. The van der Waals surface area contributed by atoms with Gasteiger partial charge in [-0.15, -0.1) is 0 Å². The standard InChI is InChI=1S/C23H45NO5/c1-5-6-7-8-9-10-11-12-13-14-16-24-18(15-17-25)19-20(26-4)21-22(27-19)29-23(2,3)28-21/h18-22,24-25H,5-17H2,1-4H3/t18?,19?,20?,21-,22?/m1/s1. The zero-order chi connectivity index (χ0) is 21.1. The predicted octanol–water partition coefficient (Wildman–Crippen LogP) is 4.14. The second kappa shape index (κ2) is 13.2. The fourth-order valence-corrected chi connectivity index (χ4v) is 4.52. The van der Waals surface area contributed by atoms with Gasteiger partial charge in [0.1, 0.15) is 18.3 Å². The highest BCUT2D eigenvalue weighted by Crippen LogP contribution is 2.39. The van der Waals surface area contributed by atoms with Crippen LogP contribution < -0.4 is 5.32 Å². The van der Waals surface area contributed by atoms with E-state index < -0.39 is 12.1 Å². The van der Waals surface area contributed by atoms with Crippen molar-refractivity contribution in [3.8, 4) is 0 Å². The van der Waals surface area contributed by atoms with E-state index in [1.165, 1.54) is 57.8 Å². The topological polar surface area (TPSA) is 69.2 Å². The average Bonchev–Trinajstić information content (AvgIpc) is 3.16. The molecule has 2 fully saturated rings. The molecule has 6 nitrogen and oxygen atoms in total. The summed E-state index contributed by atoms with van der Waals surface area (Å²) in [7, 11) is 1.69. The van der Waals surface area contributed by atoms with Crippen LogP contribution in [0.25, 0.3) is 0 Å². The summed E-state index contributed by atoms with van der Waals surface area (Å²) in [4.78, 5) is 0. The molecule has 2 heterocycles. The largest absolute Gasteiger partial charge is 0.396 e. The van der Waals surface area contributed by atoms with Crippen LogP contribution >= 0.6 is 0 Å². The van der Waals surface area contributed by atoms with Crippen LogP contribution in [0.1, 0.15) is 91.4 Å². The lowest BCUT2D eigenvalue weighted by Gasteiger charge is -2.30. The summed E-state index contributed by atoms with van der Waals surface area (Å²) in [5.41, 5.74) is 0. The first kappa shape index (κ1) is 25.0. The van der Waals surface area contributed by atoms with E-state index in [-0.39, 0.29) is 31.0 Å². The van der Waals surface area contributed by atoms with Crippen LogP contribution in [-0.4, -0.2) is 61.8 Å². The molecule has 0 aromatic rings. The molecule has 29 heavy (non-hydrogen) atoms. The van der Waals surface area contributed by atoms with Crippen LogP contribution in [0.15, 0.2) is 0 Å². The number of fused-ring (bicyclic) bond motifs is 1. The molecule has 0 amide bonds. The summed E-state index contributed by atoms with van der Waals surface area (Å²) in [6.07, 6.45) is 12.9. The fourth-order valence-electron chi connectivity index (χ4n) is 4.52. The number of nitrogens with one attached hydrogen (secondary N) is 1. The number of ether oxygens (including phenoxy) is 4. The zero-order valence-corrected chi connectivity index (χ0v) is 19.2. The number of methoxy groups -OCH3 is 1. The Kier molecular flexibility index (Phi) is 11.4. The second-order valence-corrected chi connectivity index (χ2v) is 9.02. The minimum Gasteiger partial charge on any atom is -0.396 e. The van der Waals surface area contributed by atoms with Crippen LogP contribution in [0.4, 0.5) is 0 Å². The molecule has 2 aliphatic heterocycles. The third-order valence-electron chi connectivity index (χ3n) is 6.07. The molecular formula is C23H45NO5. The molecule has 0 saturated carbocycles. The van der Waals surface area contributed by atoms with Gasteiger partial charge in [0.2, 0.25) is 0 Å². The third kappa shape index (κ3) is 8.08. The maximum absolute atomic E-state index is 9.52. The summed E-state index contributed by atoms with van der Waals surface area (Å²) in [5.74, 6) is -0.646. The molecule has 0 aromatic carbocycles. The van der Waals surface area contributed by atoms with Gasteiger partial charge < -0.3 is 29.4 Å². The summed E-state index contributed by atoms with van der Waals surface area (Å²) >= 11 is 0. The van der Waals surface area contributed by atoms with E-state index in [2.05, 4.69) is 12.2 Å². The number of unbranched alkanes of at least 4 members (excludes halogenated alkanes) is 9. The van der Waals surface area contributed by atoms with Crippen molar-refractivity contribution < 1.29 is 24.1 Å². The molecule has 0 aromatic heterocycles. The highest BCUT2D eigenvalue weighted by molar-refractivity contribution is 4.98. The normalized spacial score (nSPS) is 29.3. The molecule has 0 radical (unpaired) electrons. The molecular weight excluding hydrogens is 370 g/mol. The lowest BCUT2D eigenvalue weighted by atomic mass is 10.0. The summed E-state index contributed by atoms with van der Waals surface area (Å²) in [6.45, 7) is 7.10. The van der Waals surface area contributed by atoms with Gasteiger partial charge in [-0.25, -0.2) is 0 Å². The number of hydrogen-bond acceptors (Lipinski definition) is 6. The average molecular weight is 416 g/mol. The van der Waals surface area contributed by atoms with Gasteiger partial charge in [-0.2, -0.15) is 0 Å². The van der Waals surface area contributed by atoms with E-state index in [4.69, 9.17) is 18.9 Å². The molecule has 2 N–H and O–H groups in total. The van der Waals surface area contributed by atoms with Crippen LogP contribution in [0, 0.1) is 0 Å². The van der Waals surface area contributed by atoms with Gasteiger partial charge >= 0.3 is 0 Å². The lowest BCUT2D eigenvalue weighted by molar-refractivity contribution is -0.220. The van der Waals surface area contributed by atoms with Gasteiger partial charge in [-0.1, -0.05) is 64.7 Å². The van der Waals surface area contributed by atoms with Crippen molar-refractivity contribution in [1.82, 2.24) is 5.32 Å². The van der Waals surface area contributed by atoms with Gasteiger partial charge in [-0.3, -0.25) is 0 Å². The molecule has 0 spiro atoms. The molecule has 0 aliphatic carbocycles. The maximum atomic E-state index is 9.52. The molecule has 4 unspecified atom stereocenters. The summed E-state index contributed by atoms with van der Waals surface area (Å²) in [6, 6.07) is 0.0319. The van der Waals surface area contributed by atoms with Crippen LogP contribution in [-0.2, 0) is 18.9 Å². The quantitative estimate of drug-likeness (QED) is 0.369. The van der Waals surface area contributed by atoms with E-state index in [1.807, 2.05) is 13.8 Å². The van der Waals surface area contributed by atoms with E-state index in [9.17, 15) is 5.11 Å². The second-order valence-electron chi connectivity index (χ2n) is 9.02. The van der Waals surface area contributed by atoms with E-state index in [0.717, 1.165) is 13.0 Å². The zero-order valence-electron chi connectivity index (χ0n) is 19.2. The van der Waals surface area contributed by atoms with Crippen molar-refractivity contribution in [3.05, 3.63) is 0 Å². The Morgan fingerprint density at radius 2 is 1.59 bits per heavy atom. The van der Waals surface area contributed by atoms with E-state index in [1.54, 1.807) is 7.11 Å². The van der Waals surface area contributed by atoms with Gasteiger partial charge in [0.25, 0.3) is 0 Å². The Hall–Kier alpha value is -0.240. The number of aliphatic hydroxyl groups excluding tert-OH is 1. The highest BCUT2D eigenvalue weighted by atomic mass is 16.8. The molecule has 0 bridgehead atoms. The molecule has 2 aliphatic rings. The lowest BCUT2D eigenvalue weighted by Crippen LogP contribution is -2.49. The van der Waals surface area contributed by atoms with Crippen molar-refractivity contribution in [2.45, 2.75) is 128 Å². The molecule has 172 valence electrons. The minimum absolute atomic E-state index is 0.0319. The summed E-state index contributed by atoms with van der Waals surface area (Å²) < 4.78 is 23.7. The Balaban J connectivity index is 1.63. The maximum Gasteiger partial charge on any atom is 0.190 e. The number of rotatable bonds is 16. The first-order chi connectivity index (χ1) is 14.0. The summed E-state index contributed by atoms with van der Waals surface area (Å²) in [5, 5.41) is 13.1. The van der Waals surface area contributed by atoms with Crippen LogP contribution in [0.2, 0.25) is 0 Å². The first-order valence-corrected chi connectivity index (χ1v) is 11.9. The fraction of sp³-hybridized carbons (Fsp3) is 1.00. The third-order valence-corrected chi connectivity index (χ3v) is 6.07. The van der Waals surface area contributed by atoms with E-state index >= 15 is 0 Å². The van der Waals surface area contributed by atoms with Crippen molar-refractivity contribution in [1.29, 1.82) is 0 Å². The Morgan fingerprint density at radius 1 is 0.966 bits per heavy atom. The Morgan fingerprint density at radius 3 is 2.17 bits per heavy atom. The molecule has 6 heteroatoms. The number of aliphatic hydroxyl groups is 1. The van der Waals surface area contributed by atoms with Crippen LogP contribution in [0.5, 0.6) is 0 Å². The van der Waals surface area contributed by atoms with Gasteiger partial charge in [0, 0.05) is 19.8 Å². The molecule has 2 saturated heterocycles. The van der Waals surface area contributed by atoms with Gasteiger partial charge in [0.15, 0.2) is 12.1 Å². The van der Waals surface area contributed by atoms with Crippen LogP contribution in [0.3, 0.4) is 0 Å². The van der Waals surface area contributed by atoms with Crippen molar-refractivity contribution in [2.24, 2.45) is 0 Å². The SMILES string of the molecule is CCCCCCCCCCCCNC(CCO)C1OC2OC(C)(C)O[C@@H]2C1OC. The van der Waals surface area contributed by atoms with E-state index in [0.29, 0.717) is 6.42 Å². The van der Waals surface area contributed by atoms with Crippen molar-refractivity contribution >= 4 is 0 Å². The minimum atomic E-state index is -0.646. The Labute approximate surface area is 178 Å². The Bertz CT molecular complexity index is 433. The highest BCUT2D eigenvalue weighted by Gasteiger charge is 2.56. The van der Waals surface area contributed by atoms with Gasteiger partial charge in [0.05, 0.1) is 0 Å². The number of hydrogen-bond donors (Lipinski definition) is 2. The smallest absolute Gasteiger partial charge is 0.190 e. The predicted molar refractivity (Wildman–Crippen MR) is 115 cm³/mol. The molecule has 2 rings (SSSR count).